The van der Waals surface area contributed by atoms with Crippen molar-refractivity contribution in [1.82, 2.24) is 20.2 Å². The molecule has 0 amide bonds. The summed E-state index contributed by atoms with van der Waals surface area (Å²) < 4.78 is 0. The fourth-order valence-corrected chi connectivity index (χ4v) is 1.30. The molecule has 17 heavy (non-hydrogen) atoms. The van der Waals surface area contributed by atoms with Crippen LogP contribution >= 0.6 is 0 Å². The Kier molecular flexibility index (Phi) is 3.10. The van der Waals surface area contributed by atoms with E-state index in [-0.39, 0.29) is 5.82 Å². The summed E-state index contributed by atoms with van der Waals surface area (Å²) in [6.45, 7) is 0.431. The Bertz CT molecular complexity index is 510. The van der Waals surface area contributed by atoms with Gasteiger partial charge in [0.2, 0.25) is 5.82 Å². The van der Waals surface area contributed by atoms with Gasteiger partial charge in [-0.1, -0.05) is 30.3 Å². The highest BCUT2D eigenvalue weighted by atomic mass is 16.4. The van der Waals surface area contributed by atoms with E-state index in [2.05, 4.69) is 15.4 Å². The van der Waals surface area contributed by atoms with Crippen molar-refractivity contribution in [3.8, 4) is 0 Å². The van der Waals surface area contributed by atoms with Crippen molar-refractivity contribution in [3.05, 3.63) is 41.7 Å². The third-order valence-electron chi connectivity index (χ3n) is 2.18. The minimum atomic E-state index is -1.24. The highest BCUT2D eigenvalue weighted by molar-refractivity contribution is 5.73. The molecule has 0 radical (unpaired) electrons. The first-order valence-electron chi connectivity index (χ1n) is 4.97. The Morgan fingerprint density at radius 3 is 2.76 bits per heavy atom. The van der Waals surface area contributed by atoms with Crippen molar-refractivity contribution in [2.45, 2.75) is 12.6 Å². The maximum absolute atomic E-state index is 10.6. The van der Waals surface area contributed by atoms with E-state index in [1.807, 2.05) is 30.3 Å². The molecule has 3 N–H and O–H groups in total. The summed E-state index contributed by atoms with van der Waals surface area (Å²) in [7, 11) is 0. The normalized spacial score (nSPS) is 12.3. The van der Waals surface area contributed by atoms with Crippen LogP contribution in [0.2, 0.25) is 0 Å². The lowest BCUT2D eigenvalue weighted by Gasteiger charge is -1.99. The summed E-state index contributed by atoms with van der Waals surface area (Å²) in [4.78, 5) is 11.9. The van der Waals surface area contributed by atoms with Gasteiger partial charge in [-0.15, -0.1) is 10.2 Å². The zero-order valence-electron chi connectivity index (χ0n) is 8.89. The molecule has 1 aromatic carbocycles. The van der Waals surface area contributed by atoms with Crippen LogP contribution in [0.5, 0.6) is 0 Å². The quantitative estimate of drug-likeness (QED) is 0.757. The molecular formula is C10H11N5O2. The Morgan fingerprint density at radius 1 is 1.41 bits per heavy atom. The predicted octanol–water partition coefficient (Wildman–Crippen LogP) is -0.194. The molecule has 0 bridgehead atoms. The minimum Gasteiger partial charge on any atom is -0.480 e. The first-order valence-corrected chi connectivity index (χ1v) is 4.97. The van der Waals surface area contributed by atoms with Gasteiger partial charge in [-0.2, -0.15) is 4.80 Å². The number of carbonyl (C=O) groups is 1. The highest BCUT2D eigenvalue weighted by Crippen LogP contribution is 2.04. The molecule has 1 heterocycles. The molecule has 1 aromatic heterocycles. The van der Waals surface area contributed by atoms with Crippen molar-refractivity contribution in [3.63, 3.8) is 0 Å². The molecule has 0 saturated heterocycles. The number of hydrogen-bond acceptors (Lipinski definition) is 5. The Hall–Kier alpha value is -2.28. The lowest BCUT2D eigenvalue weighted by molar-refractivity contribution is -0.138. The van der Waals surface area contributed by atoms with E-state index in [4.69, 9.17) is 10.8 Å². The maximum Gasteiger partial charge on any atom is 0.328 e. The molecule has 0 aliphatic rings. The van der Waals surface area contributed by atoms with Crippen LogP contribution in [-0.4, -0.2) is 31.3 Å². The lowest BCUT2D eigenvalue weighted by Crippen LogP contribution is -2.22. The van der Waals surface area contributed by atoms with E-state index < -0.39 is 12.0 Å². The number of carboxylic acids is 1. The van der Waals surface area contributed by atoms with Crippen molar-refractivity contribution in [2.75, 3.05) is 0 Å². The van der Waals surface area contributed by atoms with Gasteiger partial charge in [0.15, 0.2) is 6.04 Å². The fraction of sp³-hybridized carbons (Fsp3) is 0.200. The van der Waals surface area contributed by atoms with Crippen LogP contribution in [0.1, 0.15) is 17.4 Å². The molecule has 0 fully saturated rings. The zero-order chi connectivity index (χ0) is 12.3. The van der Waals surface area contributed by atoms with Crippen LogP contribution in [0, 0.1) is 0 Å². The maximum atomic E-state index is 10.6. The van der Waals surface area contributed by atoms with Gasteiger partial charge in [0, 0.05) is 0 Å². The second-order valence-corrected chi connectivity index (χ2v) is 3.48. The average Bonchev–Trinajstić information content (AvgIpc) is 2.77. The molecule has 1 unspecified atom stereocenters. The third kappa shape index (κ3) is 2.64. The number of tetrazole rings is 1. The van der Waals surface area contributed by atoms with Crippen LogP contribution in [0.25, 0.3) is 0 Å². The molecule has 2 rings (SSSR count). The van der Waals surface area contributed by atoms with Gasteiger partial charge in [-0.3, -0.25) is 4.79 Å². The SMILES string of the molecule is NC(C(=O)O)c1nnn(Cc2ccccc2)n1. The minimum absolute atomic E-state index is 0.00781. The van der Waals surface area contributed by atoms with Gasteiger partial charge in [-0.25, -0.2) is 0 Å². The van der Waals surface area contributed by atoms with Crippen molar-refractivity contribution < 1.29 is 9.90 Å². The molecular weight excluding hydrogens is 222 g/mol. The molecule has 0 aliphatic heterocycles. The van der Waals surface area contributed by atoms with E-state index in [1.54, 1.807) is 0 Å². The number of rotatable bonds is 4. The molecule has 0 saturated carbocycles. The second kappa shape index (κ2) is 4.71. The summed E-state index contributed by atoms with van der Waals surface area (Å²) >= 11 is 0. The molecule has 7 heteroatoms. The summed E-state index contributed by atoms with van der Waals surface area (Å²) in [5.41, 5.74) is 6.37. The first kappa shape index (κ1) is 11.2. The zero-order valence-corrected chi connectivity index (χ0v) is 8.89. The number of aliphatic carboxylic acids is 1. The Labute approximate surface area is 96.9 Å². The topological polar surface area (TPSA) is 107 Å². The van der Waals surface area contributed by atoms with E-state index in [1.165, 1.54) is 4.80 Å². The van der Waals surface area contributed by atoms with E-state index in [9.17, 15) is 4.79 Å². The van der Waals surface area contributed by atoms with Crippen molar-refractivity contribution in [1.29, 1.82) is 0 Å². The van der Waals surface area contributed by atoms with Gasteiger partial charge in [0.05, 0.1) is 6.54 Å². The van der Waals surface area contributed by atoms with Crippen LogP contribution in [0.4, 0.5) is 0 Å². The largest absolute Gasteiger partial charge is 0.480 e. The molecule has 2 aromatic rings. The highest BCUT2D eigenvalue weighted by Gasteiger charge is 2.19. The number of nitrogens with zero attached hydrogens (tertiary/aromatic N) is 4. The van der Waals surface area contributed by atoms with Gasteiger partial charge in [0.25, 0.3) is 0 Å². The molecule has 88 valence electrons. The third-order valence-corrected chi connectivity index (χ3v) is 2.18. The second-order valence-electron chi connectivity index (χ2n) is 3.48. The number of hydrogen-bond donors (Lipinski definition) is 2. The first-order chi connectivity index (χ1) is 8.16. The van der Waals surface area contributed by atoms with Gasteiger partial charge >= 0.3 is 5.97 Å². The molecule has 0 aliphatic carbocycles. The monoisotopic (exact) mass is 233 g/mol. The van der Waals surface area contributed by atoms with E-state index in [0.29, 0.717) is 6.54 Å². The Balaban J connectivity index is 2.11. The number of carboxylic acid groups (broad SMARTS) is 1. The van der Waals surface area contributed by atoms with Crippen LogP contribution in [0.15, 0.2) is 30.3 Å². The number of aromatic nitrogens is 4. The molecule has 1 atom stereocenters. The van der Waals surface area contributed by atoms with Crippen molar-refractivity contribution in [2.24, 2.45) is 5.73 Å². The summed E-state index contributed by atoms with van der Waals surface area (Å²) in [5.74, 6) is -1.17. The standard InChI is InChI=1S/C10H11N5O2/c11-8(10(16)17)9-12-14-15(13-9)6-7-4-2-1-3-5-7/h1-5,8H,6,11H2,(H,16,17). The lowest BCUT2D eigenvalue weighted by atomic mass is 10.2. The van der Waals surface area contributed by atoms with Crippen LogP contribution in [0.3, 0.4) is 0 Å². The van der Waals surface area contributed by atoms with Gasteiger partial charge in [0.1, 0.15) is 0 Å². The van der Waals surface area contributed by atoms with Crippen LogP contribution < -0.4 is 5.73 Å². The van der Waals surface area contributed by atoms with Crippen molar-refractivity contribution >= 4 is 5.97 Å². The predicted molar refractivity (Wildman–Crippen MR) is 57.9 cm³/mol. The van der Waals surface area contributed by atoms with Crippen LogP contribution in [-0.2, 0) is 11.3 Å². The smallest absolute Gasteiger partial charge is 0.328 e. The molecule has 0 spiro atoms. The average molecular weight is 233 g/mol. The summed E-state index contributed by atoms with van der Waals surface area (Å²) in [6.07, 6.45) is 0. The fourth-order valence-electron chi connectivity index (χ4n) is 1.30. The van der Waals surface area contributed by atoms with Gasteiger partial charge < -0.3 is 10.8 Å². The number of benzene rings is 1. The van der Waals surface area contributed by atoms with Gasteiger partial charge in [-0.05, 0) is 10.8 Å². The number of nitrogens with two attached hydrogens (primary N) is 1. The summed E-state index contributed by atoms with van der Waals surface area (Å²) in [6, 6.07) is 8.30. The molecule has 7 nitrogen and oxygen atoms in total. The van der Waals surface area contributed by atoms with E-state index in [0.717, 1.165) is 5.56 Å². The summed E-state index contributed by atoms with van der Waals surface area (Å²) in [5, 5.41) is 20.0. The Morgan fingerprint density at radius 2 is 2.12 bits per heavy atom. The van der Waals surface area contributed by atoms with E-state index >= 15 is 0 Å².